The fourth-order valence-electron chi connectivity index (χ4n) is 0.871. The van der Waals surface area contributed by atoms with E-state index >= 15 is 0 Å². The molecule has 0 unspecified atom stereocenters. The summed E-state index contributed by atoms with van der Waals surface area (Å²) in [5, 5.41) is 10.5. The summed E-state index contributed by atoms with van der Waals surface area (Å²) in [6, 6.07) is 1.43. The van der Waals surface area contributed by atoms with Gasteiger partial charge in [-0.1, -0.05) is 12.7 Å². The maximum atomic E-state index is 10.5. The van der Waals surface area contributed by atoms with Crippen LogP contribution in [0.4, 0.5) is 5.69 Å². The Labute approximate surface area is 69.7 Å². The molecule has 0 saturated heterocycles. The van der Waals surface area contributed by atoms with Gasteiger partial charge in [-0.05, 0) is 6.92 Å². The zero-order valence-electron chi connectivity index (χ0n) is 6.65. The van der Waals surface area contributed by atoms with Gasteiger partial charge >= 0.3 is 0 Å². The van der Waals surface area contributed by atoms with E-state index in [1.807, 2.05) is 0 Å². The SMILES string of the molecule is C=Cc1cnc(C)cc1[N+](=O)[O-]. The van der Waals surface area contributed by atoms with Gasteiger partial charge < -0.3 is 0 Å². The van der Waals surface area contributed by atoms with Crippen LogP contribution in [0.3, 0.4) is 0 Å². The van der Waals surface area contributed by atoms with Crippen LogP contribution in [0.15, 0.2) is 18.8 Å². The average Bonchev–Trinajstić information content (AvgIpc) is 2.04. The molecule has 0 aliphatic carbocycles. The summed E-state index contributed by atoms with van der Waals surface area (Å²) in [5.41, 5.74) is 1.13. The van der Waals surface area contributed by atoms with Crippen molar-refractivity contribution in [2.45, 2.75) is 6.92 Å². The fraction of sp³-hybridized carbons (Fsp3) is 0.125. The lowest BCUT2D eigenvalue weighted by Crippen LogP contribution is -1.93. The Kier molecular flexibility index (Phi) is 2.19. The molecule has 0 fully saturated rings. The monoisotopic (exact) mass is 164 g/mol. The van der Waals surface area contributed by atoms with Gasteiger partial charge in [0.2, 0.25) is 0 Å². The molecule has 1 heterocycles. The molecule has 4 nitrogen and oxygen atoms in total. The number of aryl methyl sites for hydroxylation is 1. The van der Waals surface area contributed by atoms with Crippen LogP contribution in [0.2, 0.25) is 0 Å². The first kappa shape index (κ1) is 8.39. The van der Waals surface area contributed by atoms with Gasteiger partial charge in [0.05, 0.1) is 10.5 Å². The molecule has 0 N–H and O–H groups in total. The van der Waals surface area contributed by atoms with Crippen molar-refractivity contribution in [2.75, 3.05) is 0 Å². The molecule has 0 bridgehead atoms. The lowest BCUT2D eigenvalue weighted by Gasteiger charge is -1.96. The number of aromatic nitrogens is 1. The standard InChI is InChI=1S/C8H8N2O2/c1-3-7-5-9-6(2)4-8(7)10(11)12/h3-5H,1H2,2H3. The minimum Gasteiger partial charge on any atom is -0.260 e. The van der Waals surface area contributed by atoms with Gasteiger partial charge in [0.1, 0.15) is 0 Å². The molecule has 1 aromatic rings. The van der Waals surface area contributed by atoms with Crippen molar-refractivity contribution in [2.24, 2.45) is 0 Å². The summed E-state index contributed by atoms with van der Waals surface area (Å²) in [6.45, 7) is 5.17. The van der Waals surface area contributed by atoms with E-state index in [1.54, 1.807) is 6.92 Å². The van der Waals surface area contributed by atoms with Crippen LogP contribution in [0, 0.1) is 17.0 Å². The lowest BCUT2D eigenvalue weighted by molar-refractivity contribution is -0.385. The molecule has 0 aliphatic heterocycles. The summed E-state index contributed by atoms with van der Waals surface area (Å²) < 4.78 is 0. The van der Waals surface area contributed by atoms with E-state index in [9.17, 15) is 10.1 Å². The van der Waals surface area contributed by atoms with Crippen molar-refractivity contribution < 1.29 is 4.92 Å². The largest absolute Gasteiger partial charge is 0.279 e. The van der Waals surface area contributed by atoms with Gasteiger partial charge in [-0.25, -0.2) is 0 Å². The van der Waals surface area contributed by atoms with Gasteiger partial charge in [0.15, 0.2) is 0 Å². The van der Waals surface area contributed by atoms with Crippen LogP contribution >= 0.6 is 0 Å². The molecule has 0 amide bonds. The number of rotatable bonds is 2. The third kappa shape index (κ3) is 1.47. The quantitative estimate of drug-likeness (QED) is 0.495. The van der Waals surface area contributed by atoms with Crippen molar-refractivity contribution in [1.82, 2.24) is 4.98 Å². The molecule has 0 saturated carbocycles. The Morgan fingerprint density at radius 1 is 1.75 bits per heavy atom. The number of pyridine rings is 1. The van der Waals surface area contributed by atoms with Gasteiger partial charge in [0, 0.05) is 18.0 Å². The van der Waals surface area contributed by atoms with Crippen molar-refractivity contribution in [1.29, 1.82) is 0 Å². The number of nitro groups is 1. The van der Waals surface area contributed by atoms with Crippen LogP contribution in [0.25, 0.3) is 6.08 Å². The molecule has 0 spiro atoms. The highest BCUT2D eigenvalue weighted by Crippen LogP contribution is 2.18. The smallest absolute Gasteiger partial charge is 0.260 e. The van der Waals surface area contributed by atoms with E-state index in [1.165, 1.54) is 18.3 Å². The first-order valence-corrected chi connectivity index (χ1v) is 3.38. The molecule has 0 atom stereocenters. The third-order valence-corrected chi connectivity index (χ3v) is 1.47. The second-order valence-electron chi connectivity index (χ2n) is 2.35. The van der Waals surface area contributed by atoms with Crippen LogP contribution in [-0.4, -0.2) is 9.91 Å². The van der Waals surface area contributed by atoms with Gasteiger partial charge in [0.25, 0.3) is 5.69 Å². The summed E-state index contributed by atoms with van der Waals surface area (Å²) in [7, 11) is 0. The van der Waals surface area contributed by atoms with E-state index in [4.69, 9.17) is 0 Å². The number of nitrogens with zero attached hydrogens (tertiary/aromatic N) is 2. The highest BCUT2D eigenvalue weighted by molar-refractivity contribution is 5.58. The second kappa shape index (κ2) is 3.13. The summed E-state index contributed by atoms with van der Waals surface area (Å²) >= 11 is 0. The number of hydrogen-bond acceptors (Lipinski definition) is 3. The third-order valence-electron chi connectivity index (χ3n) is 1.47. The van der Waals surface area contributed by atoms with Gasteiger partial charge in [-0.3, -0.25) is 15.1 Å². The van der Waals surface area contributed by atoms with Crippen molar-refractivity contribution in [3.05, 3.63) is 40.2 Å². The maximum Gasteiger partial charge on any atom is 0.279 e. The molecule has 1 aromatic heterocycles. The molecule has 4 heteroatoms. The zero-order valence-corrected chi connectivity index (χ0v) is 6.65. The van der Waals surface area contributed by atoms with Crippen molar-refractivity contribution in [3.8, 4) is 0 Å². The molecular weight excluding hydrogens is 156 g/mol. The van der Waals surface area contributed by atoms with Crippen molar-refractivity contribution in [3.63, 3.8) is 0 Å². The van der Waals surface area contributed by atoms with E-state index in [0.717, 1.165) is 0 Å². The molecular formula is C8H8N2O2. The van der Waals surface area contributed by atoms with Crippen LogP contribution in [0.1, 0.15) is 11.3 Å². The normalized spacial score (nSPS) is 9.42. The minimum atomic E-state index is -0.439. The van der Waals surface area contributed by atoms with E-state index < -0.39 is 4.92 Å². The molecule has 12 heavy (non-hydrogen) atoms. The second-order valence-corrected chi connectivity index (χ2v) is 2.35. The van der Waals surface area contributed by atoms with Crippen LogP contribution < -0.4 is 0 Å². The Hall–Kier alpha value is -1.71. The van der Waals surface area contributed by atoms with E-state index in [-0.39, 0.29) is 5.69 Å². The summed E-state index contributed by atoms with van der Waals surface area (Å²) in [4.78, 5) is 13.9. The topological polar surface area (TPSA) is 56.0 Å². The van der Waals surface area contributed by atoms with Gasteiger partial charge in [-0.2, -0.15) is 0 Å². The van der Waals surface area contributed by atoms with E-state index in [0.29, 0.717) is 11.3 Å². The van der Waals surface area contributed by atoms with Crippen LogP contribution in [0.5, 0.6) is 0 Å². The molecule has 1 rings (SSSR count). The summed E-state index contributed by atoms with van der Waals surface area (Å²) in [5.74, 6) is 0. The Bertz CT molecular complexity index is 334. The Balaban J connectivity index is 3.30. The number of hydrogen-bond donors (Lipinski definition) is 0. The lowest BCUT2D eigenvalue weighted by atomic mass is 10.2. The highest BCUT2D eigenvalue weighted by Gasteiger charge is 2.10. The Morgan fingerprint density at radius 3 is 2.92 bits per heavy atom. The minimum absolute atomic E-state index is 0.0532. The highest BCUT2D eigenvalue weighted by atomic mass is 16.6. The maximum absolute atomic E-state index is 10.5. The predicted molar refractivity (Wildman–Crippen MR) is 45.7 cm³/mol. The first-order chi connectivity index (χ1) is 5.65. The molecule has 0 aliphatic rings. The van der Waals surface area contributed by atoms with Crippen LogP contribution in [-0.2, 0) is 0 Å². The average molecular weight is 164 g/mol. The Morgan fingerprint density at radius 2 is 2.42 bits per heavy atom. The van der Waals surface area contributed by atoms with Gasteiger partial charge in [-0.15, -0.1) is 0 Å². The van der Waals surface area contributed by atoms with E-state index in [2.05, 4.69) is 11.6 Å². The summed E-state index contributed by atoms with van der Waals surface area (Å²) in [6.07, 6.45) is 2.87. The fourth-order valence-corrected chi connectivity index (χ4v) is 0.871. The first-order valence-electron chi connectivity index (χ1n) is 3.38. The predicted octanol–water partition coefficient (Wildman–Crippen LogP) is 1.94. The van der Waals surface area contributed by atoms with Crippen molar-refractivity contribution >= 4 is 11.8 Å². The molecule has 0 radical (unpaired) electrons. The molecule has 62 valence electrons. The molecule has 0 aromatic carbocycles. The zero-order chi connectivity index (χ0) is 9.14.